The van der Waals surface area contributed by atoms with Gasteiger partial charge in [0.05, 0.1) is 18.8 Å². The number of phosphoric ester groups is 2. The summed E-state index contributed by atoms with van der Waals surface area (Å²) in [5.41, 5.74) is -1.23. The molecular weight excluding hydrogens is 522 g/mol. The van der Waals surface area contributed by atoms with E-state index in [0.29, 0.717) is 0 Å². The van der Waals surface area contributed by atoms with Crippen molar-refractivity contribution >= 4 is 15.6 Å². The molecule has 200 valence electrons. The third-order valence-electron chi connectivity index (χ3n) is 5.31. The molecule has 3 rings (SSSR count). The van der Waals surface area contributed by atoms with E-state index in [1.165, 1.54) is 20.0 Å². The van der Waals surface area contributed by atoms with Gasteiger partial charge in [-0.2, -0.15) is 4.31 Å². The van der Waals surface area contributed by atoms with Crippen LogP contribution in [0.15, 0.2) is 15.8 Å². The van der Waals surface area contributed by atoms with Gasteiger partial charge in [0.25, 0.3) is 5.56 Å². The summed E-state index contributed by atoms with van der Waals surface area (Å²) in [6, 6.07) is 0. The van der Waals surface area contributed by atoms with Crippen molar-refractivity contribution < 1.29 is 62.2 Å². The first-order chi connectivity index (χ1) is 16.1. The van der Waals surface area contributed by atoms with Crippen LogP contribution >= 0.6 is 15.6 Å². The molecule has 0 bridgehead atoms. The van der Waals surface area contributed by atoms with Crippen LogP contribution in [0.1, 0.15) is 25.1 Å². The number of nitrogens with zero attached hydrogens (tertiary/aromatic N) is 1. The van der Waals surface area contributed by atoms with Crippen molar-refractivity contribution in [2.45, 2.75) is 69.4 Å². The normalized spacial score (nSPS) is 37.0. The summed E-state index contributed by atoms with van der Waals surface area (Å²) < 4.78 is 49.0. The van der Waals surface area contributed by atoms with Crippen LogP contribution in [-0.2, 0) is 32.0 Å². The smallest absolute Gasteiger partial charge is 0.390 e. The van der Waals surface area contributed by atoms with Gasteiger partial charge < -0.3 is 39.7 Å². The SMILES string of the molecule is Cc1cn([C@H]2C[C@H](O)[C@@H](COP(=O)(O)OP(=O)(O)O[C@H]3O[C@H](C)[C@@H](O)[C@H](O)[C@H]3O)O2)c(=O)[nH]c1=O. The minimum atomic E-state index is -5.44. The minimum Gasteiger partial charge on any atom is -0.390 e. The van der Waals surface area contributed by atoms with Gasteiger partial charge in [-0.1, -0.05) is 0 Å². The van der Waals surface area contributed by atoms with Gasteiger partial charge in [-0.05, 0) is 13.8 Å². The third-order valence-corrected chi connectivity index (χ3v) is 7.91. The molecular formula is C16H26N2O15P2. The number of rotatable bonds is 8. The topological polar surface area (TPSA) is 257 Å². The fourth-order valence-corrected chi connectivity index (χ4v) is 5.57. The molecule has 17 nitrogen and oxygen atoms in total. The maximum atomic E-state index is 12.2. The van der Waals surface area contributed by atoms with E-state index in [2.05, 4.69) is 18.3 Å². The summed E-state index contributed by atoms with van der Waals surface area (Å²) in [6.07, 6.45) is -11.0. The Morgan fingerprint density at radius 2 is 1.74 bits per heavy atom. The summed E-state index contributed by atoms with van der Waals surface area (Å²) in [6.45, 7) is 1.88. The molecule has 2 aliphatic heterocycles. The van der Waals surface area contributed by atoms with Crippen molar-refractivity contribution in [2.24, 2.45) is 0 Å². The van der Waals surface area contributed by atoms with Gasteiger partial charge in [0, 0.05) is 18.2 Å². The molecule has 19 heteroatoms. The average molecular weight is 548 g/mol. The standard InChI is InChI=1S/C16H26N2O15P2/c1-6-4-18(16(24)17-14(6)23)10-3-8(19)9(31-10)5-29-34(25,26)33-35(27,28)32-15-13(22)12(21)11(20)7(2)30-15/h4,7-13,15,19-22H,3,5H2,1-2H3,(H,25,26)(H,27,28)(H,17,23,24)/t7-,8+,9-,10-,11-,12+,13-,15-/m1/s1. The van der Waals surface area contributed by atoms with E-state index in [-0.39, 0.29) is 12.0 Å². The van der Waals surface area contributed by atoms with Gasteiger partial charge in [-0.25, -0.2) is 13.9 Å². The fourth-order valence-electron chi connectivity index (χ4n) is 3.41. The number of aromatic amines is 1. The van der Waals surface area contributed by atoms with E-state index >= 15 is 0 Å². The molecule has 0 radical (unpaired) electrons. The Morgan fingerprint density at radius 1 is 1.09 bits per heavy atom. The molecule has 10 atom stereocenters. The minimum absolute atomic E-state index is 0.152. The predicted octanol–water partition coefficient (Wildman–Crippen LogP) is -2.43. The molecule has 35 heavy (non-hydrogen) atoms. The number of nitrogens with one attached hydrogen (secondary N) is 1. The molecule has 0 saturated carbocycles. The monoisotopic (exact) mass is 548 g/mol. The van der Waals surface area contributed by atoms with E-state index < -0.39 is 82.6 Å². The zero-order chi connectivity index (χ0) is 26.3. The van der Waals surface area contributed by atoms with Crippen molar-refractivity contribution in [1.29, 1.82) is 0 Å². The van der Waals surface area contributed by atoms with Crippen molar-refractivity contribution in [1.82, 2.24) is 9.55 Å². The second kappa shape index (κ2) is 10.6. The van der Waals surface area contributed by atoms with Crippen molar-refractivity contribution in [3.63, 3.8) is 0 Å². The number of hydrogen-bond donors (Lipinski definition) is 7. The van der Waals surface area contributed by atoms with Crippen LogP contribution in [-0.4, -0.2) is 89.3 Å². The van der Waals surface area contributed by atoms with E-state index in [0.717, 1.165) is 4.57 Å². The van der Waals surface area contributed by atoms with Crippen LogP contribution in [0.25, 0.3) is 0 Å². The Labute approximate surface area is 196 Å². The number of aliphatic hydroxyl groups excluding tert-OH is 4. The van der Waals surface area contributed by atoms with E-state index in [1.54, 1.807) is 0 Å². The maximum absolute atomic E-state index is 12.2. The Morgan fingerprint density at radius 3 is 2.40 bits per heavy atom. The molecule has 1 aromatic heterocycles. The molecule has 0 aromatic carbocycles. The first kappa shape index (κ1) is 28.3. The summed E-state index contributed by atoms with van der Waals surface area (Å²) >= 11 is 0. The molecule has 0 aliphatic carbocycles. The molecule has 0 spiro atoms. The lowest BCUT2D eigenvalue weighted by molar-refractivity contribution is -0.271. The van der Waals surface area contributed by atoms with Crippen LogP contribution in [0.2, 0.25) is 0 Å². The van der Waals surface area contributed by atoms with Crippen LogP contribution in [0.4, 0.5) is 0 Å². The molecule has 7 N–H and O–H groups in total. The molecule has 2 fully saturated rings. The zero-order valence-corrected chi connectivity index (χ0v) is 20.1. The lowest BCUT2D eigenvalue weighted by Gasteiger charge is -2.38. The van der Waals surface area contributed by atoms with Gasteiger partial charge in [0.15, 0.2) is 6.29 Å². The molecule has 1 aromatic rings. The summed E-state index contributed by atoms with van der Waals surface area (Å²) in [5.74, 6) is 0. The Kier molecular flexibility index (Phi) is 8.56. The third kappa shape index (κ3) is 6.72. The lowest BCUT2D eigenvalue weighted by Crippen LogP contribution is -2.57. The Hall–Kier alpha value is -1.30. The van der Waals surface area contributed by atoms with Gasteiger partial charge in [-0.15, -0.1) is 0 Å². The Bertz CT molecular complexity index is 1120. The highest BCUT2D eigenvalue weighted by molar-refractivity contribution is 7.61. The fraction of sp³-hybridized carbons (Fsp3) is 0.750. The first-order valence-electron chi connectivity index (χ1n) is 10.2. The van der Waals surface area contributed by atoms with Gasteiger partial charge >= 0.3 is 21.3 Å². The van der Waals surface area contributed by atoms with Gasteiger partial charge in [0.1, 0.15) is 30.6 Å². The quantitative estimate of drug-likeness (QED) is 0.167. The number of aryl methyl sites for hydroxylation is 1. The highest BCUT2D eigenvalue weighted by atomic mass is 31.3. The highest BCUT2D eigenvalue weighted by Gasteiger charge is 2.47. The Balaban J connectivity index is 1.59. The average Bonchev–Trinajstić information content (AvgIpc) is 3.11. The largest absolute Gasteiger partial charge is 0.483 e. The molecule has 3 heterocycles. The van der Waals surface area contributed by atoms with Crippen molar-refractivity contribution in [2.75, 3.05) is 6.61 Å². The van der Waals surface area contributed by atoms with Gasteiger partial charge in [-0.3, -0.25) is 23.4 Å². The van der Waals surface area contributed by atoms with Gasteiger partial charge in [0.2, 0.25) is 0 Å². The van der Waals surface area contributed by atoms with Crippen LogP contribution < -0.4 is 11.2 Å². The second-order valence-corrected chi connectivity index (χ2v) is 11.0. The van der Waals surface area contributed by atoms with Crippen molar-refractivity contribution in [3.05, 3.63) is 32.6 Å². The van der Waals surface area contributed by atoms with Crippen molar-refractivity contribution in [3.8, 4) is 0 Å². The van der Waals surface area contributed by atoms with E-state index in [9.17, 15) is 48.9 Å². The first-order valence-corrected chi connectivity index (χ1v) is 13.1. The number of aliphatic hydroxyl groups is 4. The summed E-state index contributed by atoms with van der Waals surface area (Å²) in [4.78, 5) is 45.2. The van der Waals surface area contributed by atoms with Crippen LogP contribution in [0.3, 0.4) is 0 Å². The molecule has 2 saturated heterocycles. The zero-order valence-electron chi connectivity index (χ0n) is 18.3. The number of H-pyrrole nitrogens is 1. The predicted molar refractivity (Wildman–Crippen MR) is 111 cm³/mol. The lowest BCUT2D eigenvalue weighted by atomic mass is 10.0. The maximum Gasteiger partial charge on any atom is 0.483 e. The van der Waals surface area contributed by atoms with Crippen LogP contribution in [0.5, 0.6) is 0 Å². The second-order valence-electron chi connectivity index (χ2n) is 8.01. The highest BCUT2D eigenvalue weighted by Crippen LogP contribution is 2.61. The number of aromatic nitrogens is 2. The molecule has 2 aliphatic rings. The number of ether oxygens (including phenoxy) is 2. The number of phosphoric acid groups is 2. The van der Waals surface area contributed by atoms with E-state index in [4.69, 9.17) is 9.47 Å². The molecule has 2 unspecified atom stereocenters. The summed E-state index contributed by atoms with van der Waals surface area (Å²) in [5, 5.41) is 39.3. The summed E-state index contributed by atoms with van der Waals surface area (Å²) in [7, 11) is -10.8. The molecule has 0 amide bonds. The van der Waals surface area contributed by atoms with E-state index in [1.807, 2.05) is 0 Å². The number of hydrogen-bond acceptors (Lipinski definition) is 13. The van der Waals surface area contributed by atoms with Crippen LogP contribution in [0, 0.1) is 6.92 Å².